The van der Waals surface area contributed by atoms with Crippen molar-refractivity contribution in [1.82, 2.24) is 0 Å². The number of phenolic OH excluding ortho intramolecular Hbond substituents is 1. The summed E-state index contributed by atoms with van der Waals surface area (Å²) in [4.78, 5) is 13.8. The van der Waals surface area contributed by atoms with Gasteiger partial charge in [0.15, 0.2) is 5.58 Å². The predicted molar refractivity (Wildman–Crippen MR) is 106 cm³/mol. The Morgan fingerprint density at radius 3 is 2.15 bits per heavy atom. The highest BCUT2D eigenvalue weighted by Gasteiger charge is 2.20. The van der Waals surface area contributed by atoms with Gasteiger partial charge < -0.3 is 14.4 Å². The molecule has 26 heavy (non-hydrogen) atoms. The molecule has 4 nitrogen and oxygen atoms in total. The minimum Gasteiger partial charge on any atom is -0.507 e. The van der Waals surface area contributed by atoms with Crippen LogP contribution < -0.4 is 10.5 Å². The lowest BCUT2D eigenvalue weighted by atomic mass is 10.0. The van der Waals surface area contributed by atoms with Crippen LogP contribution in [0.25, 0.3) is 21.7 Å². The number of phenols is 1. The van der Waals surface area contributed by atoms with E-state index in [4.69, 9.17) is 4.42 Å². The van der Waals surface area contributed by atoms with E-state index in [1.54, 1.807) is 12.1 Å². The second-order valence-electron chi connectivity index (χ2n) is 8.00. The lowest BCUT2D eigenvalue weighted by molar-refractivity contribution is -0.919. The molecule has 0 bridgehead atoms. The molecule has 4 heteroatoms. The Morgan fingerprint density at radius 1 is 0.923 bits per heavy atom. The zero-order valence-electron chi connectivity index (χ0n) is 16.0. The molecule has 0 unspecified atom stereocenters. The molecule has 0 atom stereocenters. The molecule has 0 aliphatic heterocycles. The molecule has 2 aromatic carbocycles. The third-order valence-corrected chi connectivity index (χ3v) is 4.69. The minimum absolute atomic E-state index is 0.195. The van der Waals surface area contributed by atoms with Gasteiger partial charge in [0.05, 0.1) is 24.0 Å². The summed E-state index contributed by atoms with van der Waals surface area (Å²) >= 11 is 0. The second kappa shape index (κ2) is 7.50. The fraction of sp³-hybridized carbons (Fsp3) is 0.409. The van der Waals surface area contributed by atoms with Crippen molar-refractivity contribution >= 4 is 21.7 Å². The molecule has 0 fully saturated rings. The molecule has 0 radical (unpaired) electrons. The number of nitrogens with one attached hydrogen (secondary N) is 1. The monoisotopic (exact) mass is 354 g/mol. The van der Waals surface area contributed by atoms with Crippen molar-refractivity contribution in [3.05, 3.63) is 52.4 Å². The van der Waals surface area contributed by atoms with Crippen molar-refractivity contribution in [3.8, 4) is 5.75 Å². The summed E-state index contributed by atoms with van der Waals surface area (Å²) in [6.07, 6.45) is 0. The number of aromatic hydroxyl groups is 1. The molecular formula is C22H28NO3+. The van der Waals surface area contributed by atoms with Crippen LogP contribution in [0.2, 0.25) is 0 Å². The molecule has 3 aromatic rings. The number of hydrogen-bond acceptors (Lipinski definition) is 3. The third-order valence-electron chi connectivity index (χ3n) is 4.69. The van der Waals surface area contributed by atoms with Crippen molar-refractivity contribution < 1.29 is 14.4 Å². The van der Waals surface area contributed by atoms with Gasteiger partial charge in [-0.05, 0) is 23.6 Å². The smallest absolute Gasteiger partial charge is 0.344 e. The number of rotatable bonds is 6. The van der Waals surface area contributed by atoms with E-state index in [0.717, 1.165) is 29.4 Å². The molecule has 2 N–H and O–H groups in total. The minimum atomic E-state index is -0.353. The van der Waals surface area contributed by atoms with Gasteiger partial charge in [-0.2, -0.15) is 0 Å². The molecular weight excluding hydrogens is 326 g/mol. The fourth-order valence-electron chi connectivity index (χ4n) is 3.79. The van der Waals surface area contributed by atoms with E-state index < -0.39 is 0 Å². The Balaban J connectivity index is 2.15. The number of benzene rings is 2. The van der Waals surface area contributed by atoms with E-state index in [0.29, 0.717) is 29.3 Å². The number of fused-ring (bicyclic) bond motifs is 3. The molecule has 0 aliphatic carbocycles. The average Bonchev–Trinajstić information content (AvgIpc) is 2.57. The first-order valence-corrected chi connectivity index (χ1v) is 9.36. The van der Waals surface area contributed by atoms with E-state index >= 15 is 0 Å². The molecule has 0 spiro atoms. The van der Waals surface area contributed by atoms with Gasteiger partial charge in [0, 0.05) is 17.2 Å². The summed E-state index contributed by atoms with van der Waals surface area (Å²) in [6.45, 7) is 11.5. The van der Waals surface area contributed by atoms with Gasteiger partial charge in [-0.25, -0.2) is 4.79 Å². The largest absolute Gasteiger partial charge is 0.507 e. The van der Waals surface area contributed by atoms with Crippen molar-refractivity contribution in [2.75, 3.05) is 13.1 Å². The van der Waals surface area contributed by atoms with Crippen LogP contribution in [0.3, 0.4) is 0 Å². The Morgan fingerprint density at radius 2 is 1.54 bits per heavy atom. The normalized spacial score (nSPS) is 12.1. The first-order chi connectivity index (χ1) is 12.4. The van der Waals surface area contributed by atoms with E-state index in [-0.39, 0.29) is 11.4 Å². The Labute approximate surface area is 154 Å². The maximum absolute atomic E-state index is 12.4. The molecule has 0 aliphatic rings. The molecule has 1 heterocycles. The van der Waals surface area contributed by atoms with Crippen LogP contribution in [-0.2, 0) is 6.54 Å². The van der Waals surface area contributed by atoms with Crippen LogP contribution in [0, 0.1) is 11.8 Å². The highest BCUT2D eigenvalue weighted by atomic mass is 16.4. The van der Waals surface area contributed by atoms with Gasteiger partial charge in [-0.3, -0.25) is 0 Å². The summed E-state index contributed by atoms with van der Waals surface area (Å²) in [5.74, 6) is 1.29. The van der Waals surface area contributed by atoms with Crippen molar-refractivity contribution in [2.24, 2.45) is 11.8 Å². The maximum Gasteiger partial charge on any atom is 0.344 e. The highest BCUT2D eigenvalue weighted by molar-refractivity contribution is 6.05. The van der Waals surface area contributed by atoms with Crippen molar-refractivity contribution in [2.45, 2.75) is 34.2 Å². The average molecular weight is 354 g/mol. The highest BCUT2D eigenvalue weighted by Crippen LogP contribution is 2.30. The SMILES string of the molecule is CC(C)C[NH+](Cc1c(O)ccc2c1oc(=O)c1ccccc12)CC(C)C. The Bertz CT molecular complexity index is 962. The predicted octanol–water partition coefficient (Wildman–Crippen LogP) is 3.35. The van der Waals surface area contributed by atoms with Gasteiger partial charge in [0.2, 0.25) is 0 Å². The van der Waals surface area contributed by atoms with Crippen LogP contribution in [0.5, 0.6) is 5.75 Å². The zero-order valence-corrected chi connectivity index (χ0v) is 16.0. The summed E-state index contributed by atoms with van der Waals surface area (Å²) in [5, 5.41) is 12.8. The van der Waals surface area contributed by atoms with E-state index in [2.05, 4.69) is 27.7 Å². The van der Waals surface area contributed by atoms with E-state index in [1.165, 1.54) is 4.90 Å². The van der Waals surface area contributed by atoms with Crippen molar-refractivity contribution in [3.63, 3.8) is 0 Å². The third kappa shape index (κ3) is 3.75. The fourth-order valence-corrected chi connectivity index (χ4v) is 3.79. The van der Waals surface area contributed by atoms with Gasteiger partial charge in [0.1, 0.15) is 12.3 Å². The second-order valence-corrected chi connectivity index (χ2v) is 8.00. The molecule has 138 valence electrons. The molecule has 1 aromatic heterocycles. The van der Waals surface area contributed by atoms with Gasteiger partial charge in [-0.1, -0.05) is 45.9 Å². The summed E-state index contributed by atoms with van der Waals surface area (Å²) in [6, 6.07) is 11.0. The van der Waals surface area contributed by atoms with Gasteiger partial charge in [0.25, 0.3) is 0 Å². The molecule has 0 saturated carbocycles. The van der Waals surface area contributed by atoms with Crippen LogP contribution >= 0.6 is 0 Å². The summed E-state index contributed by atoms with van der Waals surface area (Å²) in [7, 11) is 0. The lowest BCUT2D eigenvalue weighted by Gasteiger charge is -2.24. The van der Waals surface area contributed by atoms with Crippen LogP contribution in [-0.4, -0.2) is 18.2 Å². The van der Waals surface area contributed by atoms with E-state index in [9.17, 15) is 9.90 Å². The quantitative estimate of drug-likeness (QED) is 0.527. The standard InChI is InChI=1S/C22H27NO3/c1-14(2)11-23(12-15(3)4)13-19-20(24)10-9-17-16-7-5-6-8-18(16)22(25)26-21(17)19/h5-10,14-15,24H,11-13H2,1-4H3/p+1. The molecule has 0 amide bonds. The molecule has 3 rings (SSSR count). The van der Waals surface area contributed by atoms with Gasteiger partial charge in [-0.15, -0.1) is 0 Å². The summed E-state index contributed by atoms with van der Waals surface area (Å²) < 4.78 is 5.67. The van der Waals surface area contributed by atoms with Crippen LogP contribution in [0.4, 0.5) is 0 Å². The first kappa shape index (κ1) is 18.5. The van der Waals surface area contributed by atoms with Gasteiger partial charge >= 0.3 is 5.63 Å². The van der Waals surface area contributed by atoms with Crippen LogP contribution in [0.1, 0.15) is 33.3 Å². The zero-order chi connectivity index (χ0) is 18.8. The van der Waals surface area contributed by atoms with Crippen LogP contribution in [0.15, 0.2) is 45.6 Å². The number of hydrogen-bond donors (Lipinski definition) is 2. The summed E-state index contributed by atoms with van der Waals surface area (Å²) in [5.41, 5.74) is 0.884. The Hall–Kier alpha value is -2.33. The molecule has 0 saturated heterocycles. The first-order valence-electron chi connectivity index (χ1n) is 9.36. The lowest BCUT2D eigenvalue weighted by Crippen LogP contribution is -3.11. The maximum atomic E-state index is 12.4. The Kier molecular flexibility index (Phi) is 5.33. The number of quaternary nitrogens is 1. The van der Waals surface area contributed by atoms with Crippen molar-refractivity contribution in [1.29, 1.82) is 0 Å². The topological polar surface area (TPSA) is 54.9 Å². The van der Waals surface area contributed by atoms with E-state index in [1.807, 2.05) is 24.3 Å².